The van der Waals surface area contributed by atoms with Crippen LogP contribution in [-0.2, 0) is 20.3 Å². The van der Waals surface area contributed by atoms with Gasteiger partial charge in [-0.2, -0.15) is 4.98 Å². The van der Waals surface area contributed by atoms with Crippen molar-refractivity contribution in [2.45, 2.75) is 25.1 Å². The number of rotatable bonds is 4. The average Bonchev–Trinajstić information content (AvgIpc) is 2.80. The lowest BCUT2D eigenvalue weighted by molar-refractivity contribution is 0.134. The second-order valence-corrected chi connectivity index (χ2v) is 9.34. The molecule has 0 aliphatic carbocycles. The molecule has 1 aliphatic rings. The molecule has 7 nitrogen and oxygen atoms in total. The Kier molecular flexibility index (Phi) is 5.88. The Labute approximate surface area is 164 Å². The van der Waals surface area contributed by atoms with Gasteiger partial charge in [0.05, 0.1) is 18.4 Å². The largest absolute Gasteiger partial charge is 0.379 e. The molecule has 1 aliphatic heterocycles. The summed E-state index contributed by atoms with van der Waals surface area (Å²) in [5, 5.41) is 0.562. The molecule has 1 aromatic carbocycles. The number of hydrogen-bond acceptors (Lipinski definition) is 7. The van der Waals surface area contributed by atoms with E-state index in [9.17, 15) is 8.42 Å². The minimum absolute atomic E-state index is 0.0374. The highest BCUT2D eigenvalue weighted by Crippen LogP contribution is 2.34. The monoisotopic (exact) mass is 410 g/mol. The number of nitrogens with two attached hydrogens (primary N) is 1. The summed E-state index contributed by atoms with van der Waals surface area (Å²) in [6.07, 6.45) is 2.05. The summed E-state index contributed by atoms with van der Waals surface area (Å²) in [4.78, 5) is 10.6. The van der Waals surface area contributed by atoms with Crippen molar-refractivity contribution >= 4 is 33.2 Å². The van der Waals surface area contributed by atoms with Crippen LogP contribution in [0.25, 0.3) is 0 Å². The van der Waals surface area contributed by atoms with E-state index in [2.05, 4.69) is 14.9 Å². The topological polar surface area (TPSA) is 98.4 Å². The van der Waals surface area contributed by atoms with Gasteiger partial charge in [-0.05, 0) is 30.5 Å². The Hall–Kier alpha value is -1.90. The maximum absolute atomic E-state index is 11.7. The number of aryl methyl sites for hydroxylation is 1. The molecule has 1 aromatic heterocycles. The highest BCUT2D eigenvalue weighted by Gasteiger charge is 2.27. The van der Waals surface area contributed by atoms with Gasteiger partial charge in [0.2, 0.25) is 5.95 Å². The number of anilines is 2. The predicted octanol–water partition coefficient (Wildman–Crippen LogP) is 2.53. The fraction of sp³-hybridized carbons (Fsp3) is 0.444. The maximum Gasteiger partial charge on any atom is 0.222 e. The number of nitrogen functional groups attached to an aromatic ring is 1. The van der Waals surface area contributed by atoms with Crippen LogP contribution in [0.4, 0.5) is 11.8 Å². The van der Waals surface area contributed by atoms with Crippen LogP contribution in [-0.4, -0.2) is 44.4 Å². The molecule has 27 heavy (non-hydrogen) atoms. The van der Waals surface area contributed by atoms with Gasteiger partial charge in [-0.15, -0.1) is 0 Å². The SMILES string of the molecule is Cc1cc(N2CCCOC[C@H]2c2cc(CS(C)(=O)=O)ccc2Cl)nc(N)n1. The number of sulfone groups is 1. The molecule has 1 saturated heterocycles. The van der Waals surface area contributed by atoms with Gasteiger partial charge in [0.25, 0.3) is 0 Å². The van der Waals surface area contributed by atoms with Crippen molar-refractivity contribution in [2.75, 3.05) is 36.6 Å². The summed E-state index contributed by atoms with van der Waals surface area (Å²) in [5.41, 5.74) is 8.12. The molecule has 0 spiro atoms. The van der Waals surface area contributed by atoms with Gasteiger partial charge in [0, 0.05) is 36.2 Å². The highest BCUT2D eigenvalue weighted by atomic mass is 35.5. The molecule has 0 bridgehead atoms. The van der Waals surface area contributed by atoms with E-state index in [4.69, 9.17) is 22.1 Å². The van der Waals surface area contributed by atoms with Crippen molar-refractivity contribution in [1.82, 2.24) is 9.97 Å². The quantitative estimate of drug-likeness (QED) is 0.826. The number of hydrogen-bond donors (Lipinski definition) is 1. The van der Waals surface area contributed by atoms with E-state index in [0.717, 1.165) is 17.7 Å². The van der Waals surface area contributed by atoms with Crippen LogP contribution in [0, 0.1) is 6.92 Å². The first kappa shape index (κ1) is 19.9. The van der Waals surface area contributed by atoms with Crippen LogP contribution in [0.3, 0.4) is 0 Å². The van der Waals surface area contributed by atoms with Gasteiger partial charge in [-0.1, -0.05) is 23.7 Å². The van der Waals surface area contributed by atoms with Crippen molar-refractivity contribution in [1.29, 1.82) is 0 Å². The van der Waals surface area contributed by atoms with E-state index < -0.39 is 9.84 Å². The van der Waals surface area contributed by atoms with Crippen LogP contribution in [0.5, 0.6) is 0 Å². The normalized spacial score (nSPS) is 18.3. The van der Waals surface area contributed by atoms with Crippen LogP contribution >= 0.6 is 11.6 Å². The lowest BCUT2D eigenvalue weighted by Gasteiger charge is -2.31. The molecule has 2 N–H and O–H groups in total. The third kappa shape index (κ3) is 5.09. The molecule has 0 saturated carbocycles. The van der Waals surface area contributed by atoms with Gasteiger partial charge in [-0.3, -0.25) is 0 Å². The van der Waals surface area contributed by atoms with E-state index in [-0.39, 0.29) is 17.7 Å². The van der Waals surface area contributed by atoms with Gasteiger partial charge in [0.15, 0.2) is 9.84 Å². The number of ether oxygens (including phenoxy) is 1. The van der Waals surface area contributed by atoms with E-state index in [0.29, 0.717) is 36.2 Å². The Balaban J connectivity index is 2.04. The molecule has 2 heterocycles. The first-order chi connectivity index (χ1) is 12.7. The zero-order valence-corrected chi connectivity index (χ0v) is 16.9. The number of nitrogens with zero attached hydrogens (tertiary/aromatic N) is 3. The van der Waals surface area contributed by atoms with Gasteiger partial charge in [0.1, 0.15) is 5.82 Å². The fourth-order valence-electron chi connectivity index (χ4n) is 3.27. The molecule has 0 amide bonds. The zero-order chi connectivity index (χ0) is 19.6. The van der Waals surface area contributed by atoms with Crippen molar-refractivity contribution in [3.8, 4) is 0 Å². The van der Waals surface area contributed by atoms with Crippen LogP contribution in [0.2, 0.25) is 5.02 Å². The first-order valence-electron chi connectivity index (χ1n) is 8.64. The van der Waals surface area contributed by atoms with Crippen LogP contribution in [0.15, 0.2) is 24.3 Å². The lowest BCUT2D eigenvalue weighted by Crippen LogP contribution is -2.32. The van der Waals surface area contributed by atoms with E-state index in [1.807, 2.05) is 19.1 Å². The zero-order valence-electron chi connectivity index (χ0n) is 15.4. The minimum Gasteiger partial charge on any atom is -0.379 e. The van der Waals surface area contributed by atoms with Gasteiger partial charge in [-0.25, -0.2) is 13.4 Å². The highest BCUT2D eigenvalue weighted by molar-refractivity contribution is 7.89. The van der Waals surface area contributed by atoms with Crippen molar-refractivity contribution < 1.29 is 13.2 Å². The molecule has 3 rings (SSSR count). The molecule has 1 fully saturated rings. The minimum atomic E-state index is -3.15. The molecule has 1 atom stereocenters. The molecular weight excluding hydrogens is 388 g/mol. The smallest absolute Gasteiger partial charge is 0.222 e. The number of aromatic nitrogens is 2. The fourth-order valence-corrected chi connectivity index (χ4v) is 4.30. The molecule has 0 radical (unpaired) electrons. The Bertz CT molecular complexity index is 916. The van der Waals surface area contributed by atoms with E-state index in [1.54, 1.807) is 12.1 Å². The molecular formula is C18H23ClN4O3S. The lowest BCUT2D eigenvalue weighted by atomic mass is 10.0. The van der Waals surface area contributed by atoms with Crippen LogP contribution < -0.4 is 10.6 Å². The van der Waals surface area contributed by atoms with Gasteiger partial charge >= 0.3 is 0 Å². The summed E-state index contributed by atoms with van der Waals surface area (Å²) in [5.74, 6) is 0.885. The molecule has 2 aromatic rings. The summed E-state index contributed by atoms with van der Waals surface area (Å²) in [7, 11) is -3.15. The van der Waals surface area contributed by atoms with Crippen molar-refractivity contribution in [3.05, 3.63) is 46.1 Å². The number of halogens is 1. The second-order valence-electron chi connectivity index (χ2n) is 6.79. The maximum atomic E-state index is 11.7. The molecule has 9 heteroatoms. The Morgan fingerprint density at radius 2 is 2.11 bits per heavy atom. The predicted molar refractivity (Wildman–Crippen MR) is 107 cm³/mol. The van der Waals surface area contributed by atoms with Crippen LogP contribution in [0.1, 0.15) is 29.3 Å². The van der Waals surface area contributed by atoms with E-state index >= 15 is 0 Å². The summed E-state index contributed by atoms with van der Waals surface area (Å²) in [6.45, 7) is 3.63. The van der Waals surface area contributed by atoms with Gasteiger partial charge < -0.3 is 15.4 Å². The third-order valence-electron chi connectivity index (χ3n) is 4.34. The summed E-state index contributed by atoms with van der Waals surface area (Å²) >= 11 is 6.48. The first-order valence-corrected chi connectivity index (χ1v) is 11.1. The Morgan fingerprint density at radius 3 is 2.81 bits per heavy atom. The molecule has 0 unspecified atom stereocenters. The summed E-state index contributed by atoms with van der Waals surface area (Å²) in [6, 6.07) is 6.99. The third-order valence-corrected chi connectivity index (χ3v) is 5.54. The number of benzene rings is 1. The van der Waals surface area contributed by atoms with Crippen molar-refractivity contribution in [3.63, 3.8) is 0 Å². The van der Waals surface area contributed by atoms with E-state index in [1.165, 1.54) is 6.26 Å². The Morgan fingerprint density at radius 1 is 1.33 bits per heavy atom. The second kappa shape index (κ2) is 8.00. The average molecular weight is 411 g/mol. The molecule has 146 valence electrons. The van der Waals surface area contributed by atoms with Crippen molar-refractivity contribution in [2.24, 2.45) is 0 Å². The standard InChI is InChI=1S/C18H23ClN4O3S/c1-12-8-17(22-18(20)21-12)23-6-3-7-26-10-16(23)14-9-13(4-5-15(14)19)11-27(2,24)25/h4-5,8-9,16H,3,6-7,10-11H2,1-2H3,(H2,20,21,22)/t16-/m0/s1. The summed E-state index contributed by atoms with van der Waals surface area (Å²) < 4.78 is 29.2.